The minimum Gasteiger partial charge on any atom is -0.343 e. The minimum atomic E-state index is 0.0976. The van der Waals surface area contributed by atoms with E-state index < -0.39 is 0 Å². The summed E-state index contributed by atoms with van der Waals surface area (Å²) in [5.74, 6) is 1.65. The van der Waals surface area contributed by atoms with E-state index >= 15 is 0 Å². The van der Waals surface area contributed by atoms with Crippen LogP contribution < -0.4 is 0 Å². The van der Waals surface area contributed by atoms with Crippen LogP contribution in [0.25, 0.3) is 0 Å². The number of hydrogen-bond donors (Lipinski definition) is 0. The summed E-state index contributed by atoms with van der Waals surface area (Å²) in [7, 11) is 0. The molecule has 0 unspecified atom stereocenters. The van der Waals surface area contributed by atoms with E-state index in [0.29, 0.717) is 18.2 Å². The molecule has 88 valence electrons. The molecule has 15 heavy (non-hydrogen) atoms. The highest BCUT2D eigenvalue weighted by molar-refractivity contribution is 6.18. The Hall–Kier alpha value is -0.240. The van der Waals surface area contributed by atoms with Crippen LogP contribution in [-0.4, -0.2) is 29.8 Å². The van der Waals surface area contributed by atoms with E-state index in [1.54, 1.807) is 0 Å². The van der Waals surface area contributed by atoms with E-state index in [1.807, 2.05) is 4.90 Å². The molecular weight excluding hydrogens is 210 g/mol. The maximum Gasteiger partial charge on any atom is 0.223 e. The van der Waals surface area contributed by atoms with Gasteiger partial charge >= 0.3 is 0 Å². The number of rotatable bonds is 2. The molecule has 1 heterocycles. The SMILES string of the molecule is CC(C)(C)CC(=O)N1CCC(CCl)CC1. The van der Waals surface area contributed by atoms with E-state index in [1.165, 1.54) is 0 Å². The maximum absolute atomic E-state index is 11.9. The van der Waals surface area contributed by atoms with Crippen LogP contribution in [0.2, 0.25) is 0 Å². The third-order valence-electron chi connectivity index (χ3n) is 2.87. The number of amides is 1. The summed E-state index contributed by atoms with van der Waals surface area (Å²) >= 11 is 5.81. The first-order valence-electron chi connectivity index (χ1n) is 5.76. The summed E-state index contributed by atoms with van der Waals surface area (Å²) in [6.07, 6.45) is 2.79. The van der Waals surface area contributed by atoms with Crippen molar-refractivity contribution >= 4 is 17.5 Å². The molecule has 0 bridgehead atoms. The lowest BCUT2D eigenvalue weighted by molar-refractivity contribution is -0.134. The Balaban J connectivity index is 2.37. The first-order chi connectivity index (χ1) is 6.92. The summed E-state index contributed by atoms with van der Waals surface area (Å²) < 4.78 is 0. The lowest BCUT2D eigenvalue weighted by Crippen LogP contribution is -2.40. The molecule has 0 saturated carbocycles. The first-order valence-corrected chi connectivity index (χ1v) is 6.29. The molecule has 1 saturated heterocycles. The second-order valence-electron chi connectivity index (χ2n) is 5.72. The molecule has 0 aromatic heterocycles. The summed E-state index contributed by atoms with van der Waals surface area (Å²) in [6, 6.07) is 0. The Morgan fingerprint density at radius 2 is 1.87 bits per heavy atom. The molecule has 1 amide bonds. The molecule has 1 fully saturated rings. The predicted molar refractivity (Wildman–Crippen MR) is 64.1 cm³/mol. The van der Waals surface area contributed by atoms with Crippen LogP contribution in [0.3, 0.4) is 0 Å². The Morgan fingerprint density at radius 3 is 2.27 bits per heavy atom. The van der Waals surface area contributed by atoms with Gasteiger partial charge in [-0.3, -0.25) is 4.79 Å². The van der Waals surface area contributed by atoms with E-state index in [2.05, 4.69) is 20.8 Å². The second kappa shape index (κ2) is 5.20. The fourth-order valence-corrected chi connectivity index (χ4v) is 2.21. The van der Waals surface area contributed by atoms with Gasteiger partial charge in [-0.05, 0) is 24.2 Å². The smallest absolute Gasteiger partial charge is 0.223 e. The van der Waals surface area contributed by atoms with Gasteiger partial charge in [-0.15, -0.1) is 11.6 Å². The predicted octanol–water partition coefficient (Wildman–Crippen LogP) is 2.90. The average molecular weight is 232 g/mol. The highest BCUT2D eigenvalue weighted by Crippen LogP contribution is 2.23. The molecule has 0 atom stereocenters. The van der Waals surface area contributed by atoms with Gasteiger partial charge < -0.3 is 4.90 Å². The van der Waals surface area contributed by atoms with Crippen molar-refractivity contribution in [1.82, 2.24) is 4.90 Å². The normalized spacial score (nSPS) is 19.3. The largest absolute Gasteiger partial charge is 0.343 e. The molecule has 0 N–H and O–H groups in total. The molecule has 0 aliphatic carbocycles. The van der Waals surface area contributed by atoms with Crippen molar-refractivity contribution in [3.63, 3.8) is 0 Å². The fourth-order valence-electron chi connectivity index (χ4n) is 1.90. The molecule has 1 rings (SSSR count). The topological polar surface area (TPSA) is 20.3 Å². The van der Waals surface area contributed by atoms with Crippen LogP contribution in [0.5, 0.6) is 0 Å². The van der Waals surface area contributed by atoms with Crippen molar-refractivity contribution in [3.8, 4) is 0 Å². The van der Waals surface area contributed by atoms with E-state index in [9.17, 15) is 4.79 Å². The highest BCUT2D eigenvalue weighted by atomic mass is 35.5. The monoisotopic (exact) mass is 231 g/mol. The number of alkyl halides is 1. The lowest BCUT2D eigenvalue weighted by atomic mass is 9.90. The van der Waals surface area contributed by atoms with Crippen molar-refractivity contribution in [2.45, 2.75) is 40.0 Å². The molecule has 2 nitrogen and oxygen atoms in total. The Kier molecular flexibility index (Phi) is 4.45. The van der Waals surface area contributed by atoms with Gasteiger partial charge in [0.15, 0.2) is 0 Å². The molecule has 0 spiro atoms. The third kappa shape index (κ3) is 4.42. The molecule has 1 aliphatic heterocycles. The van der Waals surface area contributed by atoms with E-state index in [4.69, 9.17) is 11.6 Å². The number of piperidine rings is 1. The lowest BCUT2D eigenvalue weighted by Gasteiger charge is -2.33. The van der Waals surface area contributed by atoms with Crippen molar-refractivity contribution < 1.29 is 4.79 Å². The number of likely N-dealkylation sites (tertiary alicyclic amines) is 1. The maximum atomic E-state index is 11.9. The molecule has 0 radical (unpaired) electrons. The number of halogens is 1. The number of hydrogen-bond acceptors (Lipinski definition) is 1. The van der Waals surface area contributed by atoms with Crippen LogP contribution in [0.15, 0.2) is 0 Å². The Morgan fingerprint density at radius 1 is 1.33 bits per heavy atom. The second-order valence-corrected chi connectivity index (χ2v) is 6.02. The van der Waals surface area contributed by atoms with Gasteiger partial charge in [0.2, 0.25) is 5.91 Å². The van der Waals surface area contributed by atoms with Crippen LogP contribution in [0, 0.1) is 11.3 Å². The summed E-state index contributed by atoms with van der Waals surface area (Å²) in [5.41, 5.74) is 0.0976. The van der Waals surface area contributed by atoms with Crippen molar-refractivity contribution in [2.24, 2.45) is 11.3 Å². The van der Waals surface area contributed by atoms with Crippen LogP contribution in [0.1, 0.15) is 40.0 Å². The minimum absolute atomic E-state index is 0.0976. The quantitative estimate of drug-likeness (QED) is 0.670. The zero-order valence-corrected chi connectivity index (χ0v) is 10.8. The zero-order chi connectivity index (χ0) is 11.5. The average Bonchev–Trinajstić information content (AvgIpc) is 2.15. The first kappa shape index (κ1) is 12.8. The van der Waals surface area contributed by atoms with Gasteiger partial charge in [-0.2, -0.15) is 0 Å². The number of carbonyl (C=O) groups is 1. The van der Waals surface area contributed by atoms with Crippen molar-refractivity contribution in [3.05, 3.63) is 0 Å². The number of carbonyl (C=O) groups excluding carboxylic acids is 1. The zero-order valence-electron chi connectivity index (χ0n) is 10.1. The highest BCUT2D eigenvalue weighted by Gasteiger charge is 2.25. The number of nitrogens with zero attached hydrogens (tertiary/aromatic N) is 1. The van der Waals surface area contributed by atoms with Gasteiger partial charge in [0.1, 0.15) is 0 Å². The molecule has 0 aromatic carbocycles. The van der Waals surface area contributed by atoms with Gasteiger partial charge in [0.25, 0.3) is 0 Å². The fraction of sp³-hybridized carbons (Fsp3) is 0.917. The third-order valence-corrected chi connectivity index (χ3v) is 3.30. The van der Waals surface area contributed by atoms with Crippen LogP contribution in [-0.2, 0) is 4.79 Å². The molecule has 3 heteroatoms. The van der Waals surface area contributed by atoms with Gasteiger partial charge in [0, 0.05) is 25.4 Å². The Bertz CT molecular complexity index is 214. The van der Waals surface area contributed by atoms with E-state index in [-0.39, 0.29) is 5.41 Å². The molecular formula is C12H22ClNO. The van der Waals surface area contributed by atoms with Gasteiger partial charge in [0.05, 0.1) is 0 Å². The summed E-state index contributed by atoms with van der Waals surface area (Å²) in [5, 5.41) is 0. The summed E-state index contributed by atoms with van der Waals surface area (Å²) in [6.45, 7) is 8.11. The molecule has 1 aliphatic rings. The van der Waals surface area contributed by atoms with Crippen molar-refractivity contribution in [1.29, 1.82) is 0 Å². The van der Waals surface area contributed by atoms with Gasteiger partial charge in [-0.1, -0.05) is 20.8 Å². The Labute approximate surface area is 98.0 Å². The van der Waals surface area contributed by atoms with E-state index in [0.717, 1.165) is 31.8 Å². The van der Waals surface area contributed by atoms with Crippen LogP contribution in [0.4, 0.5) is 0 Å². The summed E-state index contributed by atoms with van der Waals surface area (Å²) in [4.78, 5) is 13.9. The van der Waals surface area contributed by atoms with Crippen LogP contribution >= 0.6 is 11.6 Å². The van der Waals surface area contributed by atoms with Crippen molar-refractivity contribution in [2.75, 3.05) is 19.0 Å². The standard InChI is InChI=1S/C12H22ClNO/c1-12(2,3)8-11(15)14-6-4-10(9-13)5-7-14/h10H,4-9H2,1-3H3. The molecule has 0 aromatic rings. The van der Waals surface area contributed by atoms with Gasteiger partial charge in [-0.25, -0.2) is 0 Å².